The third-order valence-corrected chi connectivity index (χ3v) is 6.23. The number of hydrogen-bond donors (Lipinski definition) is 2. The van der Waals surface area contributed by atoms with Crippen LogP contribution >= 0.6 is 15.9 Å². The molecule has 0 heterocycles. The van der Waals surface area contributed by atoms with Gasteiger partial charge in [-0.1, -0.05) is 94.8 Å². The number of hydrogen-bond acceptors (Lipinski definition) is 2. The largest absolute Gasteiger partial charge is 0.481 e. The lowest BCUT2D eigenvalue weighted by Gasteiger charge is -2.37. The van der Waals surface area contributed by atoms with E-state index in [0.29, 0.717) is 5.69 Å². The van der Waals surface area contributed by atoms with E-state index in [0.717, 1.165) is 15.6 Å². The second kappa shape index (κ2) is 9.31. The molecule has 1 amide bonds. The van der Waals surface area contributed by atoms with Crippen LogP contribution < -0.4 is 5.32 Å². The molecule has 2 N–H and O–H groups in total. The number of allylic oxidation sites excluding steroid dienone is 2. The second-order valence-corrected chi connectivity index (χ2v) is 8.56. The molecule has 4 rings (SSSR count). The van der Waals surface area contributed by atoms with E-state index in [2.05, 4.69) is 21.2 Å². The molecule has 4 nitrogen and oxygen atoms in total. The van der Waals surface area contributed by atoms with Crippen LogP contribution in [0.1, 0.15) is 23.0 Å². The predicted molar refractivity (Wildman–Crippen MR) is 125 cm³/mol. The summed E-state index contributed by atoms with van der Waals surface area (Å²) < 4.78 is 0.838. The molecule has 0 saturated heterocycles. The Labute approximate surface area is 189 Å². The Morgan fingerprint density at radius 2 is 1.29 bits per heavy atom. The third-order valence-electron chi connectivity index (χ3n) is 5.74. The minimum atomic E-state index is -0.978. The molecule has 3 aromatic rings. The Kier molecular flexibility index (Phi) is 6.33. The van der Waals surface area contributed by atoms with Crippen molar-refractivity contribution in [2.24, 2.45) is 11.8 Å². The molecule has 156 valence electrons. The molecule has 0 aliphatic heterocycles. The molecule has 4 atom stereocenters. The Balaban J connectivity index is 1.77. The van der Waals surface area contributed by atoms with Crippen molar-refractivity contribution in [2.45, 2.75) is 11.8 Å². The lowest BCUT2D eigenvalue weighted by atomic mass is 9.66. The van der Waals surface area contributed by atoms with Gasteiger partial charge in [0, 0.05) is 22.0 Å². The monoisotopic (exact) mass is 475 g/mol. The van der Waals surface area contributed by atoms with Gasteiger partial charge in [0.2, 0.25) is 5.91 Å². The topological polar surface area (TPSA) is 66.4 Å². The van der Waals surface area contributed by atoms with Crippen LogP contribution in [0.2, 0.25) is 0 Å². The lowest BCUT2D eigenvalue weighted by molar-refractivity contribution is -0.147. The van der Waals surface area contributed by atoms with Gasteiger partial charge in [-0.2, -0.15) is 0 Å². The number of nitrogens with one attached hydrogen (secondary N) is 1. The molecule has 0 saturated carbocycles. The molecule has 3 aromatic carbocycles. The van der Waals surface area contributed by atoms with Gasteiger partial charge in [-0.3, -0.25) is 9.59 Å². The fourth-order valence-electron chi connectivity index (χ4n) is 4.34. The zero-order valence-corrected chi connectivity index (χ0v) is 18.3. The number of carboxylic acid groups (broad SMARTS) is 1. The molecular formula is C26H22BrNO3. The molecule has 5 heteroatoms. The van der Waals surface area contributed by atoms with Crippen molar-refractivity contribution in [2.75, 3.05) is 5.32 Å². The number of carbonyl (C=O) groups excluding carboxylic acids is 1. The first-order valence-corrected chi connectivity index (χ1v) is 10.9. The number of carbonyl (C=O) groups is 2. The van der Waals surface area contributed by atoms with E-state index >= 15 is 0 Å². The standard InChI is InChI=1S/C26H22BrNO3/c27-19-12-7-13-20(16-19)28-25(29)23-21(17-8-3-1-4-9-17)14-15-22(24(23)26(30)31)18-10-5-2-6-11-18/h1-16,21-24H,(H,28,29)(H,30,31)/t21-,22+,23-,24-/m1/s1. The Bertz CT molecular complexity index is 1100. The van der Waals surface area contributed by atoms with Gasteiger partial charge in [0.15, 0.2) is 0 Å². The quantitative estimate of drug-likeness (QED) is 0.455. The van der Waals surface area contributed by atoms with Crippen molar-refractivity contribution in [3.63, 3.8) is 0 Å². The second-order valence-electron chi connectivity index (χ2n) is 7.65. The first kappa shape index (κ1) is 21.1. The maximum absolute atomic E-state index is 13.5. The van der Waals surface area contributed by atoms with E-state index in [1.807, 2.05) is 84.9 Å². The minimum Gasteiger partial charge on any atom is -0.481 e. The maximum Gasteiger partial charge on any atom is 0.308 e. The minimum absolute atomic E-state index is 0.301. The number of benzene rings is 3. The average molecular weight is 476 g/mol. The van der Waals surface area contributed by atoms with Crippen LogP contribution in [-0.2, 0) is 9.59 Å². The molecule has 0 aromatic heterocycles. The van der Waals surface area contributed by atoms with Crippen molar-refractivity contribution < 1.29 is 14.7 Å². The van der Waals surface area contributed by atoms with Crippen LogP contribution in [0, 0.1) is 11.8 Å². The highest BCUT2D eigenvalue weighted by Gasteiger charge is 2.46. The zero-order valence-electron chi connectivity index (χ0n) is 16.7. The van der Waals surface area contributed by atoms with Crippen LogP contribution in [0.5, 0.6) is 0 Å². The van der Waals surface area contributed by atoms with E-state index in [4.69, 9.17) is 0 Å². The van der Waals surface area contributed by atoms with Crippen molar-refractivity contribution in [3.8, 4) is 0 Å². The highest BCUT2D eigenvalue weighted by molar-refractivity contribution is 9.10. The summed E-state index contributed by atoms with van der Waals surface area (Å²) in [6, 6.07) is 26.4. The predicted octanol–water partition coefficient (Wildman–Crippen LogP) is 5.84. The summed E-state index contributed by atoms with van der Waals surface area (Å²) >= 11 is 3.42. The first-order valence-electron chi connectivity index (χ1n) is 10.1. The summed E-state index contributed by atoms with van der Waals surface area (Å²) in [5, 5.41) is 13.2. The summed E-state index contributed by atoms with van der Waals surface area (Å²) in [6.07, 6.45) is 3.92. The normalized spacial score (nSPS) is 22.6. The van der Waals surface area contributed by atoms with E-state index in [1.54, 1.807) is 12.1 Å². The molecule has 31 heavy (non-hydrogen) atoms. The van der Waals surface area contributed by atoms with Crippen molar-refractivity contribution in [1.29, 1.82) is 0 Å². The number of amides is 1. The molecule has 0 radical (unpaired) electrons. The van der Waals surface area contributed by atoms with Gasteiger partial charge < -0.3 is 10.4 Å². The molecule has 1 aliphatic carbocycles. The average Bonchev–Trinajstić information content (AvgIpc) is 2.79. The Morgan fingerprint density at radius 1 is 0.742 bits per heavy atom. The molecular weight excluding hydrogens is 454 g/mol. The van der Waals surface area contributed by atoms with Gasteiger partial charge in [-0.25, -0.2) is 0 Å². The van der Waals surface area contributed by atoms with Gasteiger partial charge >= 0.3 is 5.97 Å². The highest BCUT2D eigenvalue weighted by Crippen LogP contribution is 2.45. The van der Waals surface area contributed by atoms with Crippen LogP contribution in [0.15, 0.2) is 102 Å². The summed E-state index contributed by atoms with van der Waals surface area (Å²) in [6.45, 7) is 0. The van der Waals surface area contributed by atoms with Gasteiger partial charge in [-0.15, -0.1) is 0 Å². The van der Waals surface area contributed by atoms with E-state index in [-0.39, 0.29) is 11.8 Å². The van der Waals surface area contributed by atoms with Crippen LogP contribution in [0.3, 0.4) is 0 Å². The smallest absolute Gasteiger partial charge is 0.308 e. The number of rotatable bonds is 5. The highest BCUT2D eigenvalue weighted by atomic mass is 79.9. The fraction of sp³-hybridized carbons (Fsp3) is 0.154. The number of halogens is 1. The zero-order chi connectivity index (χ0) is 21.8. The van der Waals surface area contributed by atoms with Gasteiger partial charge in [0.25, 0.3) is 0 Å². The summed E-state index contributed by atoms with van der Waals surface area (Å²) in [5.74, 6) is -3.68. The van der Waals surface area contributed by atoms with Gasteiger partial charge in [-0.05, 0) is 29.3 Å². The van der Waals surface area contributed by atoms with Crippen LogP contribution in [0.25, 0.3) is 0 Å². The Morgan fingerprint density at radius 3 is 1.81 bits per heavy atom. The molecule has 1 aliphatic rings. The van der Waals surface area contributed by atoms with Crippen LogP contribution in [-0.4, -0.2) is 17.0 Å². The number of carboxylic acids is 1. The lowest BCUT2D eigenvalue weighted by Crippen LogP contribution is -2.42. The third kappa shape index (κ3) is 4.62. The van der Waals surface area contributed by atoms with E-state index in [9.17, 15) is 14.7 Å². The SMILES string of the molecule is O=C(Nc1cccc(Br)c1)[C@H]1[C@H](C(=O)O)[C@H](c2ccccc2)C=C[C@@H]1c1ccccc1. The van der Waals surface area contributed by atoms with Gasteiger partial charge in [0.1, 0.15) is 0 Å². The Hall–Kier alpha value is -3.18. The van der Waals surface area contributed by atoms with Crippen molar-refractivity contribution >= 4 is 33.5 Å². The number of anilines is 1. The molecule has 0 fully saturated rings. The van der Waals surface area contributed by atoms with Gasteiger partial charge in [0.05, 0.1) is 11.8 Å². The van der Waals surface area contributed by atoms with E-state index in [1.165, 1.54) is 0 Å². The summed E-state index contributed by atoms with van der Waals surface area (Å²) in [7, 11) is 0. The number of aliphatic carboxylic acids is 1. The molecule has 0 unspecified atom stereocenters. The molecule has 0 bridgehead atoms. The fourth-order valence-corrected chi connectivity index (χ4v) is 4.74. The van der Waals surface area contributed by atoms with Crippen LogP contribution in [0.4, 0.5) is 5.69 Å². The van der Waals surface area contributed by atoms with E-state index < -0.39 is 23.7 Å². The maximum atomic E-state index is 13.5. The molecule has 0 spiro atoms. The van der Waals surface area contributed by atoms with Crippen molar-refractivity contribution in [1.82, 2.24) is 0 Å². The summed E-state index contributed by atoms with van der Waals surface area (Å²) in [5.41, 5.74) is 2.44. The van der Waals surface area contributed by atoms with Crippen molar-refractivity contribution in [3.05, 3.63) is 113 Å². The first-order chi connectivity index (χ1) is 15.0. The summed E-state index contributed by atoms with van der Waals surface area (Å²) in [4.78, 5) is 26.0.